The molecule has 3 rings (SSSR count). The van der Waals surface area contributed by atoms with Gasteiger partial charge in [0.15, 0.2) is 0 Å². The summed E-state index contributed by atoms with van der Waals surface area (Å²) in [5, 5.41) is 1.29. The molecule has 1 N–H and O–H groups in total. The Morgan fingerprint density at radius 2 is 2.00 bits per heavy atom. The van der Waals surface area contributed by atoms with Crippen molar-refractivity contribution < 1.29 is 4.79 Å². The number of rotatable bonds is 1. The van der Waals surface area contributed by atoms with Crippen LogP contribution in [0.5, 0.6) is 0 Å². The second-order valence-corrected chi connectivity index (χ2v) is 5.66. The topological polar surface area (TPSA) is 32.9 Å². The number of aromatic amines is 1. The summed E-state index contributed by atoms with van der Waals surface area (Å²) in [6.45, 7) is 0. The first-order valence-corrected chi connectivity index (χ1v) is 6.81. The van der Waals surface area contributed by atoms with E-state index in [2.05, 4.69) is 39.2 Å². The van der Waals surface area contributed by atoms with Gasteiger partial charge in [0.2, 0.25) is 0 Å². The maximum Gasteiger partial charge on any atom is 0.132 e. The molecule has 2 nitrogen and oxygen atoms in total. The Labute approximate surface area is 109 Å². The molecule has 0 radical (unpaired) electrons. The number of carbonyl (C=O) groups excluding carboxylic acids is 1. The van der Waals surface area contributed by atoms with Gasteiger partial charge in [0.1, 0.15) is 5.78 Å². The third kappa shape index (κ3) is 2.04. The number of carbonyl (C=O) groups is 1. The fourth-order valence-corrected chi connectivity index (χ4v) is 3.06. The molecule has 1 aliphatic carbocycles. The second-order valence-electron chi connectivity index (χ2n) is 4.75. The Morgan fingerprint density at radius 1 is 1.24 bits per heavy atom. The van der Waals surface area contributed by atoms with Gasteiger partial charge in [-0.05, 0) is 42.5 Å². The molecule has 1 aromatic heterocycles. The summed E-state index contributed by atoms with van der Waals surface area (Å²) < 4.78 is 1.11. The largest absolute Gasteiger partial charge is 0.361 e. The molecule has 0 bridgehead atoms. The van der Waals surface area contributed by atoms with Crippen LogP contribution >= 0.6 is 15.9 Å². The lowest BCUT2D eigenvalue weighted by atomic mass is 9.83. The molecule has 2 aromatic rings. The number of fused-ring (bicyclic) bond motifs is 1. The first-order valence-electron chi connectivity index (χ1n) is 6.02. The predicted octanol–water partition coefficient (Wildman–Crippen LogP) is 4.16. The molecule has 0 spiro atoms. The van der Waals surface area contributed by atoms with E-state index >= 15 is 0 Å². The summed E-state index contributed by atoms with van der Waals surface area (Å²) in [4.78, 5) is 14.6. The maximum atomic E-state index is 11.3. The van der Waals surface area contributed by atoms with Gasteiger partial charge in [-0.2, -0.15) is 0 Å². The Balaban J connectivity index is 1.99. The lowest BCUT2D eigenvalue weighted by Crippen LogP contribution is -2.11. The minimum absolute atomic E-state index is 0.419. The van der Waals surface area contributed by atoms with Crippen LogP contribution in [0.3, 0.4) is 0 Å². The number of aromatic nitrogens is 1. The van der Waals surface area contributed by atoms with Gasteiger partial charge in [0.25, 0.3) is 0 Å². The second kappa shape index (κ2) is 4.30. The van der Waals surface area contributed by atoms with E-state index in [1.54, 1.807) is 0 Å². The summed E-state index contributed by atoms with van der Waals surface area (Å²) in [7, 11) is 0. The van der Waals surface area contributed by atoms with Crippen LogP contribution in [0.4, 0.5) is 0 Å². The molecule has 0 saturated heterocycles. The van der Waals surface area contributed by atoms with Crippen molar-refractivity contribution in [1.29, 1.82) is 0 Å². The van der Waals surface area contributed by atoms with Gasteiger partial charge in [-0.1, -0.05) is 15.9 Å². The minimum atomic E-state index is 0.419. The molecule has 0 amide bonds. The van der Waals surface area contributed by atoms with E-state index in [0.717, 1.165) is 30.2 Å². The van der Waals surface area contributed by atoms with E-state index in [-0.39, 0.29) is 0 Å². The normalized spacial score (nSPS) is 17.8. The zero-order chi connectivity index (χ0) is 11.8. The minimum Gasteiger partial charge on any atom is -0.361 e. The maximum absolute atomic E-state index is 11.3. The van der Waals surface area contributed by atoms with Gasteiger partial charge >= 0.3 is 0 Å². The van der Waals surface area contributed by atoms with Crippen LogP contribution < -0.4 is 0 Å². The summed E-state index contributed by atoms with van der Waals surface area (Å²) in [6, 6.07) is 6.31. The molecule has 0 aliphatic heterocycles. The van der Waals surface area contributed by atoms with E-state index in [4.69, 9.17) is 0 Å². The quantitative estimate of drug-likeness (QED) is 0.841. The summed E-state index contributed by atoms with van der Waals surface area (Å²) >= 11 is 3.52. The Hall–Kier alpha value is -1.09. The molecule has 0 atom stereocenters. The van der Waals surface area contributed by atoms with Crippen molar-refractivity contribution in [3.8, 4) is 0 Å². The van der Waals surface area contributed by atoms with Gasteiger partial charge in [0.05, 0.1) is 0 Å². The molecule has 1 heterocycles. The summed E-state index contributed by atoms with van der Waals surface area (Å²) in [5.41, 5.74) is 2.55. The SMILES string of the molecule is O=C1CCC(c2c[nH]c3ccc(Br)cc23)CC1. The van der Waals surface area contributed by atoms with Gasteiger partial charge in [-0.15, -0.1) is 0 Å². The summed E-state index contributed by atoms with van der Waals surface area (Å²) in [5.74, 6) is 0.957. The van der Waals surface area contributed by atoms with Crippen molar-refractivity contribution in [2.75, 3.05) is 0 Å². The number of nitrogens with one attached hydrogen (secondary N) is 1. The van der Waals surface area contributed by atoms with Crippen LogP contribution in [0.25, 0.3) is 10.9 Å². The average Bonchev–Trinajstić information content (AvgIpc) is 2.73. The van der Waals surface area contributed by atoms with Crippen LogP contribution in [0.2, 0.25) is 0 Å². The number of hydrogen-bond donors (Lipinski definition) is 1. The molecule has 1 fully saturated rings. The molecule has 88 valence electrons. The van der Waals surface area contributed by atoms with Crippen LogP contribution in [0.15, 0.2) is 28.9 Å². The fraction of sp³-hybridized carbons (Fsp3) is 0.357. The van der Waals surface area contributed by atoms with Crippen molar-refractivity contribution in [2.45, 2.75) is 31.6 Å². The van der Waals surface area contributed by atoms with Gasteiger partial charge in [-0.25, -0.2) is 0 Å². The van der Waals surface area contributed by atoms with Crippen LogP contribution in [-0.2, 0) is 4.79 Å². The average molecular weight is 292 g/mol. The Bertz CT molecular complexity index is 563. The lowest BCUT2D eigenvalue weighted by molar-refractivity contribution is -0.120. The highest BCUT2D eigenvalue weighted by Gasteiger charge is 2.22. The van der Waals surface area contributed by atoms with Crippen molar-refractivity contribution in [1.82, 2.24) is 4.98 Å². The van der Waals surface area contributed by atoms with Crippen molar-refractivity contribution in [3.05, 3.63) is 34.4 Å². The molecule has 17 heavy (non-hydrogen) atoms. The third-order valence-corrected chi connectivity index (χ3v) is 4.15. The first-order chi connectivity index (χ1) is 8.24. The molecular formula is C14H14BrNO. The highest BCUT2D eigenvalue weighted by Crippen LogP contribution is 2.36. The molecular weight excluding hydrogens is 278 g/mol. The molecule has 1 aromatic carbocycles. The summed E-state index contributed by atoms with van der Waals surface area (Å²) in [6.07, 6.45) is 5.59. The number of halogens is 1. The van der Waals surface area contributed by atoms with Crippen molar-refractivity contribution in [2.24, 2.45) is 0 Å². The van der Waals surface area contributed by atoms with Crippen LogP contribution in [0.1, 0.15) is 37.2 Å². The highest BCUT2D eigenvalue weighted by atomic mass is 79.9. The fourth-order valence-electron chi connectivity index (χ4n) is 2.70. The molecule has 0 unspecified atom stereocenters. The van der Waals surface area contributed by atoms with E-state index in [1.807, 2.05) is 6.07 Å². The number of ketones is 1. The molecule has 3 heteroatoms. The smallest absolute Gasteiger partial charge is 0.132 e. The molecule has 1 saturated carbocycles. The monoisotopic (exact) mass is 291 g/mol. The highest BCUT2D eigenvalue weighted by molar-refractivity contribution is 9.10. The van der Waals surface area contributed by atoms with E-state index in [9.17, 15) is 4.79 Å². The van der Waals surface area contributed by atoms with Gasteiger partial charge in [-0.3, -0.25) is 4.79 Å². The van der Waals surface area contributed by atoms with E-state index in [1.165, 1.54) is 16.5 Å². The standard InChI is InChI=1S/C14H14BrNO/c15-10-3-6-14-12(7-10)13(8-16-14)9-1-4-11(17)5-2-9/h3,6-9,16H,1-2,4-5H2. The number of H-pyrrole nitrogens is 1. The number of Topliss-reactive ketones (excluding diaryl/α,β-unsaturated/α-hetero) is 1. The predicted molar refractivity (Wildman–Crippen MR) is 72.2 cm³/mol. The molecule has 1 aliphatic rings. The van der Waals surface area contributed by atoms with E-state index < -0.39 is 0 Å². The van der Waals surface area contributed by atoms with E-state index in [0.29, 0.717) is 11.7 Å². The zero-order valence-corrected chi connectivity index (χ0v) is 11.1. The van der Waals surface area contributed by atoms with Crippen LogP contribution in [0, 0.1) is 0 Å². The third-order valence-electron chi connectivity index (χ3n) is 3.66. The zero-order valence-electron chi connectivity index (χ0n) is 9.50. The number of benzene rings is 1. The Morgan fingerprint density at radius 3 is 2.76 bits per heavy atom. The van der Waals surface area contributed by atoms with Crippen molar-refractivity contribution >= 4 is 32.6 Å². The van der Waals surface area contributed by atoms with Crippen LogP contribution in [-0.4, -0.2) is 10.8 Å². The first kappa shape index (κ1) is 11.0. The van der Waals surface area contributed by atoms with Crippen molar-refractivity contribution in [3.63, 3.8) is 0 Å². The Kier molecular flexibility index (Phi) is 2.79. The van der Waals surface area contributed by atoms with Gasteiger partial charge < -0.3 is 4.98 Å². The number of hydrogen-bond acceptors (Lipinski definition) is 1. The lowest BCUT2D eigenvalue weighted by Gasteiger charge is -2.20. The van der Waals surface area contributed by atoms with Gasteiger partial charge in [0, 0.05) is 34.4 Å².